The number of fused-ring (bicyclic) bond motifs is 1. The summed E-state index contributed by atoms with van der Waals surface area (Å²) in [5.41, 5.74) is 1.06. The molecule has 0 fully saturated rings. The van der Waals surface area contributed by atoms with Crippen LogP contribution in [0.2, 0.25) is 0 Å². The number of amides is 1. The summed E-state index contributed by atoms with van der Waals surface area (Å²) in [5.74, 6) is 0.891. The minimum Gasteiger partial charge on any atom is -0.497 e. The first-order valence-electron chi connectivity index (χ1n) is 13.2. The number of carbonyl (C=O) groups excluding carboxylic acids is 1. The fourth-order valence-electron chi connectivity index (χ4n) is 4.97. The molecule has 0 spiro atoms. The van der Waals surface area contributed by atoms with Crippen molar-refractivity contribution in [2.24, 2.45) is 4.99 Å². The molecule has 1 aliphatic rings. The number of hydrogen-bond acceptors (Lipinski definition) is 10. The van der Waals surface area contributed by atoms with E-state index in [-0.39, 0.29) is 32.9 Å². The quantitative estimate of drug-likeness (QED) is 0.221. The van der Waals surface area contributed by atoms with Crippen molar-refractivity contribution in [1.29, 1.82) is 0 Å². The molecule has 0 bridgehead atoms. The fraction of sp³-hybridized carbons (Fsp3) is 0.194. The molecule has 1 atom stereocenters. The molecular formula is C31H28N4O8S. The number of ether oxygens (including phenoxy) is 4. The molecule has 1 aromatic heterocycles. The summed E-state index contributed by atoms with van der Waals surface area (Å²) < 4.78 is 23.2. The molecule has 4 aromatic rings. The Morgan fingerprint density at radius 2 is 1.66 bits per heavy atom. The molecular weight excluding hydrogens is 588 g/mol. The van der Waals surface area contributed by atoms with Gasteiger partial charge in [0.25, 0.3) is 17.2 Å². The van der Waals surface area contributed by atoms with Crippen LogP contribution in [-0.4, -0.2) is 43.8 Å². The van der Waals surface area contributed by atoms with Crippen LogP contribution in [0.4, 0.5) is 11.4 Å². The van der Waals surface area contributed by atoms with Crippen LogP contribution in [0.5, 0.6) is 23.0 Å². The summed E-state index contributed by atoms with van der Waals surface area (Å²) in [6.07, 6.45) is 1.41. The average molecular weight is 617 g/mol. The zero-order valence-electron chi connectivity index (χ0n) is 24.4. The smallest absolute Gasteiger partial charge is 0.280 e. The van der Waals surface area contributed by atoms with Gasteiger partial charge in [-0.2, -0.15) is 0 Å². The second kappa shape index (κ2) is 12.4. The van der Waals surface area contributed by atoms with E-state index in [9.17, 15) is 19.7 Å². The van der Waals surface area contributed by atoms with Gasteiger partial charge in [-0.15, -0.1) is 0 Å². The van der Waals surface area contributed by atoms with Crippen molar-refractivity contribution in [3.05, 3.63) is 113 Å². The number of nitrogens with one attached hydrogen (secondary N) is 1. The van der Waals surface area contributed by atoms with Gasteiger partial charge in [0.05, 0.1) is 60.8 Å². The highest BCUT2D eigenvalue weighted by atomic mass is 32.1. The first kappa shape index (κ1) is 30.0. The van der Waals surface area contributed by atoms with E-state index in [2.05, 4.69) is 10.3 Å². The van der Waals surface area contributed by atoms with Gasteiger partial charge >= 0.3 is 0 Å². The minimum atomic E-state index is -0.946. The lowest BCUT2D eigenvalue weighted by atomic mass is 9.94. The first-order chi connectivity index (χ1) is 21.2. The van der Waals surface area contributed by atoms with Gasteiger partial charge < -0.3 is 24.3 Å². The van der Waals surface area contributed by atoms with Gasteiger partial charge in [0, 0.05) is 17.3 Å². The molecule has 13 heteroatoms. The molecule has 0 saturated carbocycles. The van der Waals surface area contributed by atoms with Crippen molar-refractivity contribution in [3.63, 3.8) is 0 Å². The van der Waals surface area contributed by atoms with Gasteiger partial charge in [-0.3, -0.25) is 24.3 Å². The maximum atomic E-state index is 14.2. The van der Waals surface area contributed by atoms with Gasteiger partial charge in [-0.25, -0.2) is 4.99 Å². The van der Waals surface area contributed by atoms with Crippen LogP contribution in [0.15, 0.2) is 81.7 Å². The van der Waals surface area contributed by atoms with Crippen molar-refractivity contribution in [1.82, 2.24) is 4.57 Å². The predicted molar refractivity (Wildman–Crippen MR) is 165 cm³/mol. The molecule has 1 aliphatic heterocycles. The van der Waals surface area contributed by atoms with Crippen LogP contribution in [-0.2, 0) is 4.79 Å². The van der Waals surface area contributed by atoms with Crippen LogP contribution in [0.3, 0.4) is 0 Å². The number of nitrogens with zero attached hydrogens (tertiary/aromatic N) is 3. The molecule has 1 amide bonds. The van der Waals surface area contributed by atoms with Gasteiger partial charge in [0.2, 0.25) is 0 Å². The Labute approximate surface area is 255 Å². The third-order valence-corrected chi connectivity index (χ3v) is 8.03. The lowest BCUT2D eigenvalue weighted by molar-refractivity contribution is -0.385. The number of thiazole rings is 1. The van der Waals surface area contributed by atoms with Crippen molar-refractivity contribution < 1.29 is 28.7 Å². The molecule has 0 saturated heterocycles. The molecule has 1 N–H and O–H groups in total. The number of nitro benzene ring substituents is 1. The molecule has 0 unspecified atom stereocenters. The molecule has 226 valence electrons. The number of allylic oxidation sites excluding steroid dienone is 1. The lowest BCUT2D eigenvalue weighted by Gasteiger charge is -2.26. The summed E-state index contributed by atoms with van der Waals surface area (Å²) in [7, 11) is 5.79. The molecule has 44 heavy (non-hydrogen) atoms. The molecule has 5 rings (SSSR count). The van der Waals surface area contributed by atoms with Crippen LogP contribution in [0.25, 0.3) is 6.08 Å². The predicted octanol–water partition coefficient (Wildman–Crippen LogP) is 3.82. The Balaban J connectivity index is 1.75. The molecule has 0 radical (unpaired) electrons. The summed E-state index contributed by atoms with van der Waals surface area (Å²) in [6.45, 7) is 1.69. The number of carbonyl (C=O) groups is 1. The van der Waals surface area contributed by atoms with E-state index >= 15 is 0 Å². The molecule has 3 aromatic carbocycles. The fourth-order valence-corrected chi connectivity index (χ4v) is 6.01. The standard InChI is InChI=1S/C31H28N4O8S/c1-17-27(29(36)33-19-9-7-6-8-10-19)28(21-12-11-20(40-2)15-23(21)41-3)34-30(37)26(44-31(34)32-17)14-18-13-24(42-4)25(43-5)16-22(18)35(38)39/h6-16,28H,1-5H3,(H,33,36)/b26-14-/t28-/m0/s1. The Morgan fingerprint density at radius 1 is 0.977 bits per heavy atom. The number of methoxy groups -OCH3 is 4. The first-order valence-corrected chi connectivity index (χ1v) is 14.0. The summed E-state index contributed by atoms with van der Waals surface area (Å²) in [6, 6.07) is 15.8. The number of aromatic nitrogens is 1. The van der Waals surface area contributed by atoms with E-state index in [1.165, 1.54) is 51.2 Å². The molecule has 12 nitrogen and oxygen atoms in total. The van der Waals surface area contributed by atoms with Crippen LogP contribution in [0.1, 0.15) is 24.1 Å². The van der Waals surface area contributed by atoms with E-state index in [1.54, 1.807) is 49.4 Å². The van der Waals surface area contributed by atoms with Crippen molar-refractivity contribution >= 4 is 34.7 Å². The van der Waals surface area contributed by atoms with E-state index < -0.39 is 22.4 Å². The SMILES string of the molecule is COc1ccc([C@H]2C(C(=O)Nc3ccccc3)=C(C)N=c3s/c(=C\c4cc(OC)c(OC)cc4[N+](=O)[O-])c(=O)n32)c(OC)c1. The zero-order chi connectivity index (χ0) is 31.5. The summed E-state index contributed by atoms with van der Waals surface area (Å²) in [5, 5.41) is 14.8. The third kappa shape index (κ3) is 5.52. The highest BCUT2D eigenvalue weighted by Gasteiger charge is 2.34. The Morgan fingerprint density at radius 3 is 2.30 bits per heavy atom. The minimum absolute atomic E-state index is 0.134. The van der Waals surface area contributed by atoms with E-state index in [0.717, 1.165) is 11.3 Å². The largest absolute Gasteiger partial charge is 0.497 e. The van der Waals surface area contributed by atoms with E-state index in [0.29, 0.717) is 33.2 Å². The number of hydrogen-bond donors (Lipinski definition) is 1. The van der Waals surface area contributed by atoms with Gasteiger partial charge in [0.1, 0.15) is 17.5 Å². The van der Waals surface area contributed by atoms with Crippen LogP contribution < -0.4 is 39.2 Å². The monoisotopic (exact) mass is 616 g/mol. The number of anilines is 1. The number of benzene rings is 3. The number of rotatable bonds is 9. The Hall–Kier alpha value is -5.43. The second-order valence-electron chi connectivity index (χ2n) is 9.53. The maximum absolute atomic E-state index is 14.2. The van der Waals surface area contributed by atoms with Gasteiger partial charge in [-0.05, 0) is 43.3 Å². The highest BCUT2D eigenvalue weighted by molar-refractivity contribution is 7.07. The summed E-state index contributed by atoms with van der Waals surface area (Å²) >= 11 is 1.04. The number of para-hydroxylation sites is 1. The normalized spacial score (nSPS) is 14.4. The van der Waals surface area contributed by atoms with E-state index in [1.807, 2.05) is 6.07 Å². The van der Waals surface area contributed by atoms with Crippen molar-refractivity contribution in [2.75, 3.05) is 33.8 Å². The van der Waals surface area contributed by atoms with Crippen molar-refractivity contribution in [2.45, 2.75) is 13.0 Å². The van der Waals surface area contributed by atoms with Crippen molar-refractivity contribution in [3.8, 4) is 23.0 Å². The molecule has 0 aliphatic carbocycles. The Bertz CT molecular complexity index is 1980. The van der Waals surface area contributed by atoms with E-state index in [4.69, 9.17) is 18.9 Å². The second-order valence-corrected chi connectivity index (χ2v) is 10.5. The van der Waals surface area contributed by atoms with Gasteiger partial charge in [-0.1, -0.05) is 29.5 Å². The highest BCUT2D eigenvalue weighted by Crippen LogP contribution is 2.38. The lowest BCUT2D eigenvalue weighted by Crippen LogP contribution is -2.40. The van der Waals surface area contributed by atoms with Crippen LogP contribution >= 0.6 is 11.3 Å². The maximum Gasteiger partial charge on any atom is 0.280 e. The number of nitro groups is 1. The van der Waals surface area contributed by atoms with Gasteiger partial charge in [0.15, 0.2) is 16.3 Å². The average Bonchev–Trinajstić information content (AvgIpc) is 3.33. The Kier molecular flexibility index (Phi) is 8.49. The third-order valence-electron chi connectivity index (χ3n) is 7.05. The topological polar surface area (TPSA) is 144 Å². The molecule has 2 heterocycles. The summed E-state index contributed by atoms with van der Waals surface area (Å²) in [4.78, 5) is 44.3. The van der Waals surface area contributed by atoms with Crippen LogP contribution in [0, 0.1) is 10.1 Å². The zero-order valence-corrected chi connectivity index (χ0v) is 25.3.